The van der Waals surface area contributed by atoms with Gasteiger partial charge in [0.05, 0.1) is 22.2 Å². The van der Waals surface area contributed by atoms with E-state index in [1.54, 1.807) is 6.26 Å². The predicted octanol–water partition coefficient (Wildman–Crippen LogP) is 3.38. The van der Waals surface area contributed by atoms with Gasteiger partial charge in [0.15, 0.2) is 0 Å². The lowest BCUT2D eigenvalue weighted by molar-refractivity contribution is 0.683. The van der Waals surface area contributed by atoms with Gasteiger partial charge in [-0.25, -0.2) is 4.98 Å². The van der Waals surface area contributed by atoms with Gasteiger partial charge in [-0.1, -0.05) is 19.1 Å². The maximum atomic E-state index is 11.8. The van der Waals surface area contributed by atoms with E-state index < -0.39 is 10.8 Å². The molecule has 0 radical (unpaired) electrons. The van der Waals surface area contributed by atoms with Crippen molar-refractivity contribution < 1.29 is 4.21 Å². The van der Waals surface area contributed by atoms with Crippen molar-refractivity contribution in [1.29, 1.82) is 0 Å². The third-order valence-electron chi connectivity index (χ3n) is 3.79. The Morgan fingerprint density at radius 2 is 2.00 bits per heavy atom. The molecular formula is C17H18N2OS. The van der Waals surface area contributed by atoms with Gasteiger partial charge in [0.25, 0.3) is 0 Å². The maximum absolute atomic E-state index is 11.8. The highest BCUT2D eigenvalue weighted by atomic mass is 32.2. The maximum Gasteiger partial charge on any atom is 0.130 e. The number of aryl methyl sites for hydroxylation is 2. The monoisotopic (exact) mass is 298 g/mol. The van der Waals surface area contributed by atoms with Crippen LogP contribution in [-0.4, -0.2) is 20.4 Å². The van der Waals surface area contributed by atoms with Gasteiger partial charge in [-0.3, -0.25) is 9.19 Å². The largest absolute Gasteiger partial charge is 0.260 e. The van der Waals surface area contributed by atoms with Crippen molar-refractivity contribution in [2.45, 2.75) is 31.7 Å². The van der Waals surface area contributed by atoms with Crippen molar-refractivity contribution in [3.63, 3.8) is 0 Å². The van der Waals surface area contributed by atoms with E-state index in [4.69, 9.17) is 0 Å². The van der Waals surface area contributed by atoms with Crippen molar-refractivity contribution in [3.8, 4) is 0 Å². The summed E-state index contributed by atoms with van der Waals surface area (Å²) in [6.45, 7) is 6.13. The van der Waals surface area contributed by atoms with Crippen LogP contribution >= 0.6 is 0 Å². The zero-order valence-corrected chi connectivity index (χ0v) is 13.5. The topological polar surface area (TPSA) is 42.9 Å². The Bertz CT molecular complexity index is 780. The smallest absolute Gasteiger partial charge is 0.130 e. The molecule has 3 nitrogen and oxygen atoms in total. The van der Waals surface area contributed by atoms with Crippen LogP contribution in [0.5, 0.6) is 0 Å². The summed E-state index contributed by atoms with van der Waals surface area (Å²) >= 11 is 0. The van der Waals surface area contributed by atoms with Gasteiger partial charge in [-0.2, -0.15) is 0 Å². The summed E-state index contributed by atoms with van der Waals surface area (Å²) in [4.78, 5) is 9.17. The Morgan fingerprint density at radius 1 is 1.24 bits per heavy atom. The molecule has 2 aromatic heterocycles. The minimum atomic E-state index is -1.08. The van der Waals surface area contributed by atoms with Crippen LogP contribution in [0.25, 0.3) is 5.57 Å². The molecule has 0 bridgehead atoms. The molecule has 2 unspecified atom stereocenters. The van der Waals surface area contributed by atoms with Gasteiger partial charge in [0, 0.05) is 29.5 Å². The second-order valence-electron chi connectivity index (χ2n) is 5.59. The number of hydrogen-bond donors (Lipinski definition) is 0. The molecule has 108 valence electrons. The molecule has 3 rings (SSSR count). The first-order chi connectivity index (χ1) is 9.97. The van der Waals surface area contributed by atoms with Gasteiger partial charge >= 0.3 is 0 Å². The fraction of sp³-hybridized carbons (Fsp3) is 0.294. The third kappa shape index (κ3) is 2.44. The second-order valence-corrected chi connectivity index (χ2v) is 6.88. The first-order valence-electron chi connectivity index (χ1n) is 6.97. The molecule has 2 aromatic rings. The molecule has 2 atom stereocenters. The summed E-state index contributed by atoms with van der Waals surface area (Å²) in [6.07, 6.45) is 5.77. The Labute approximate surface area is 127 Å². The zero-order valence-electron chi connectivity index (χ0n) is 12.7. The standard InChI is InChI=1S/C17H18N2OS/c1-10-7-14-13(8-12(3)16(14)18-9-10)15-6-5-11(2)17(19-15)21(4)20/h5-9,12H,1-4H3. The summed E-state index contributed by atoms with van der Waals surface area (Å²) in [5, 5.41) is 0.662. The number of rotatable bonds is 2. The molecule has 1 aliphatic rings. The number of nitrogens with zero attached hydrogens (tertiary/aromatic N) is 2. The fourth-order valence-corrected chi connectivity index (χ4v) is 3.50. The second kappa shape index (κ2) is 5.19. The number of aromatic nitrogens is 2. The summed E-state index contributed by atoms with van der Waals surface area (Å²) in [7, 11) is -1.08. The molecular weight excluding hydrogens is 280 g/mol. The van der Waals surface area contributed by atoms with Gasteiger partial charge < -0.3 is 0 Å². The highest BCUT2D eigenvalue weighted by molar-refractivity contribution is 7.84. The first-order valence-corrected chi connectivity index (χ1v) is 8.53. The van der Waals surface area contributed by atoms with Crippen LogP contribution in [0.3, 0.4) is 0 Å². The number of allylic oxidation sites excluding steroid dienone is 1. The molecule has 0 aromatic carbocycles. The Morgan fingerprint density at radius 3 is 2.71 bits per heavy atom. The Kier molecular flexibility index (Phi) is 3.49. The summed E-state index contributed by atoms with van der Waals surface area (Å²) in [6, 6.07) is 6.15. The molecule has 0 aliphatic heterocycles. The molecule has 0 spiro atoms. The molecule has 1 aliphatic carbocycles. The lowest BCUT2D eigenvalue weighted by Gasteiger charge is -2.09. The molecule has 21 heavy (non-hydrogen) atoms. The third-order valence-corrected chi connectivity index (χ3v) is 4.75. The fourth-order valence-electron chi connectivity index (χ4n) is 2.75. The van der Waals surface area contributed by atoms with Crippen LogP contribution in [-0.2, 0) is 10.8 Å². The highest BCUT2D eigenvalue weighted by Gasteiger charge is 2.24. The predicted molar refractivity (Wildman–Crippen MR) is 85.8 cm³/mol. The Hall–Kier alpha value is -1.81. The van der Waals surface area contributed by atoms with E-state index in [2.05, 4.69) is 29.0 Å². The van der Waals surface area contributed by atoms with Crippen molar-refractivity contribution in [2.75, 3.05) is 6.26 Å². The number of fused-ring (bicyclic) bond motifs is 1. The first kappa shape index (κ1) is 14.1. The molecule has 0 saturated carbocycles. The van der Waals surface area contributed by atoms with Gasteiger partial charge in [-0.15, -0.1) is 0 Å². The minimum Gasteiger partial charge on any atom is -0.260 e. The average Bonchev–Trinajstić information content (AvgIpc) is 2.76. The van der Waals surface area contributed by atoms with E-state index in [1.165, 1.54) is 0 Å². The molecule has 2 heterocycles. The normalized spacial score (nSPS) is 18.3. The summed E-state index contributed by atoms with van der Waals surface area (Å²) in [5.74, 6) is 0.286. The van der Waals surface area contributed by atoms with E-state index in [0.717, 1.165) is 33.7 Å². The van der Waals surface area contributed by atoms with Gasteiger partial charge in [0.1, 0.15) is 5.03 Å². The van der Waals surface area contributed by atoms with Crippen molar-refractivity contribution in [1.82, 2.24) is 9.97 Å². The zero-order chi connectivity index (χ0) is 15.1. The van der Waals surface area contributed by atoms with E-state index >= 15 is 0 Å². The van der Waals surface area contributed by atoms with E-state index in [0.29, 0.717) is 5.03 Å². The molecule has 0 amide bonds. The van der Waals surface area contributed by atoms with Crippen LogP contribution in [0, 0.1) is 13.8 Å². The van der Waals surface area contributed by atoms with Crippen molar-refractivity contribution in [3.05, 3.63) is 58.6 Å². The van der Waals surface area contributed by atoms with Crippen LogP contribution in [0.15, 0.2) is 35.5 Å². The van der Waals surface area contributed by atoms with Crippen LogP contribution in [0.4, 0.5) is 0 Å². The van der Waals surface area contributed by atoms with Gasteiger partial charge in [-0.05, 0) is 37.1 Å². The van der Waals surface area contributed by atoms with Crippen LogP contribution in [0.2, 0.25) is 0 Å². The summed E-state index contributed by atoms with van der Waals surface area (Å²) < 4.78 is 11.8. The van der Waals surface area contributed by atoms with E-state index in [9.17, 15) is 4.21 Å². The molecule has 0 N–H and O–H groups in total. The van der Waals surface area contributed by atoms with Crippen molar-refractivity contribution >= 4 is 16.4 Å². The average molecular weight is 298 g/mol. The molecule has 0 fully saturated rings. The van der Waals surface area contributed by atoms with Crippen LogP contribution < -0.4 is 0 Å². The number of hydrogen-bond acceptors (Lipinski definition) is 3. The van der Waals surface area contributed by atoms with Crippen molar-refractivity contribution in [2.24, 2.45) is 0 Å². The molecule has 4 heteroatoms. The number of pyridine rings is 2. The Balaban J connectivity index is 2.15. The van der Waals surface area contributed by atoms with E-state index in [-0.39, 0.29) is 5.92 Å². The lowest BCUT2D eigenvalue weighted by Crippen LogP contribution is -2.00. The minimum absolute atomic E-state index is 0.286. The quantitative estimate of drug-likeness (QED) is 0.853. The highest BCUT2D eigenvalue weighted by Crippen LogP contribution is 2.38. The SMILES string of the molecule is Cc1cnc2c(c1)C(c1ccc(C)c(S(C)=O)n1)=CC2C. The lowest BCUT2D eigenvalue weighted by atomic mass is 10.0. The summed E-state index contributed by atoms with van der Waals surface area (Å²) in [5.41, 5.74) is 6.32. The van der Waals surface area contributed by atoms with Gasteiger partial charge in [0.2, 0.25) is 0 Å². The van der Waals surface area contributed by atoms with E-state index in [1.807, 2.05) is 32.2 Å². The molecule has 0 saturated heterocycles. The van der Waals surface area contributed by atoms with Crippen LogP contribution in [0.1, 0.15) is 40.9 Å².